The summed E-state index contributed by atoms with van der Waals surface area (Å²) < 4.78 is 20.6. The van der Waals surface area contributed by atoms with Gasteiger partial charge in [0.05, 0.1) is 5.25 Å². The lowest BCUT2D eigenvalue weighted by atomic mass is 10.2. The van der Waals surface area contributed by atoms with Gasteiger partial charge in [0.25, 0.3) is 0 Å². The molecule has 4 rings (SSSR count). The third-order valence-corrected chi connectivity index (χ3v) is 4.49. The van der Waals surface area contributed by atoms with Gasteiger partial charge in [0, 0.05) is 11.8 Å². The minimum Gasteiger partial charge on any atom is -0.419 e. The molecule has 6 nitrogen and oxygen atoms in total. The second kappa shape index (κ2) is 6.04. The lowest BCUT2D eigenvalue weighted by Crippen LogP contribution is -1.92. The lowest BCUT2D eigenvalue weighted by Gasteiger charge is -2.04. The largest absolute Gasteiger partial charge is 0.419 e. The molecule has 0 radical (unpaired) electrons. The summed E-state index contributed by atoms with van der Waals surface area (Å²) in [6.45, 7) is 1.95. The number of hydrogen-bond acceptors (Lipinski definition) is 6. The first-order chi connectivity index (χ1) is 11.7. The second-order valence-electron chi connectivity index (χ2n) is 5.12. The fourth-order valence-electron chi connectivity index (χ4n) is 2.22. The van der Waals surface area contributed by atoms with Crippen LogP contribution in [0.5, 0.6) is 0 Å². The third-order valence-electron chi connectivity index (χ3n) is 3.44. The van der Waals surface area contributed by atoms with Crippen LogP contribution in [0.25, 0.3) is 17.1 Å². The number of rotatable bonds is 4. The van der Waals surface area contributed by atoms with E-state index in [1.807, 2.05) is 35.7 Å². The fourth-order valence-corrected chi connectivity index (χ4v) is 3.08. The van der Waals surface area contributed by atoms with Crippen LogP contribution in [0, 0.1) is 5.82 Å². The van der Waals surface area contributed by atoms with E-state index in [0.29, 0.717) is 17.3 Å². The van der Waals surface area contributed by atoms with Crippen molar-refractivity contribution in [2.75, 3.05) is 0 Å². The average molecular weight is 341 g/mol. The first-order valence-corrected chi connectivity index (χ1v) is 8.14. The smallest absolute Gasteiger partial charge is 0.247 e. The van der Waals surface area contributed by atoms with Crippen LogP contribution in [0.3, 0.4) is 0 Å². The van der Waals surface area contributed by atoms with E-state index in [2.05, 4.69) is 20.4 Å². The Bertz CT molecular complexity index is 981. The molecule has 1 atom stereocenters. The Morgan fingerprint density at radius 2 is 1.88 bits per heavy atom. The van der Waals surface area contributed by atoms with Gasteiger partial charge in [-0.1, -0.05) is 17.8 Å². The zero-order valence-corrected chi connectivity index (χ0v) is 13.4. The third kappa shape index (κ3) is 2.76. The summed E-state index contributed by atoms with van der Waals surface area (Å²) in [6, 6.07) is 11.7. The van der Waals surface area contributed by atoms with Crippen molar-refractivity contribution in [2.45, 2.75) is 17.3 Å². The standard InChI is InChI=1S/C16H12FN5OS/c1-10(24-16-21-18-13-4-2-3-9-22(13)16)14-19-20-15(23-14)11-5-7-12(17)8-6-11/h2-10H,1H3/t10-/m0/s1. The quantitative estimate of drug-likeness (QED) is 0.526. The highest BCUT2D eigenvalue weighted by molar-refractivity contribution is 7.99. The van der Waals surface area contributed by atoms with E-state index in [0.717, 1.165) is 10.8 Å². The van der Waals surface area contributed by atoms with E-state index in [-0.39, 0.29) is 11.1 Å². The highest BCUT2D eigenvalue weighted by atomic mass is 32.2. The van der Waals surface area contributed by atoms with E-state index in [9.17, 15) is 4.39 Å². The maximum atomic E-state index is 13.0. The Balaban J connectivity index is 1.57. The van der Waals surface area contributed by atoms with Crippen LogP contribution >= 0.6 is 11.8 Å². The van der Waals surface area contributed by atoms with Gasteiger partial charge >= 0.3 is 0 Å². The molecular formula is C16H12FN5OS. The topological polar surface area (TPSA) is 69.1 Å². The Labute approximate surface area is 140 Å². The van der Waals surface area contributed by atoms with Crippen molar-refractivity contribution in [1.82, 2.24) is 24.8 Å². The van der Waals surface area contributed by atoms with Gasteiger partial charge in [-0.2, -0.15) is 0 Å². The zero-order valence-electron chi connectivity index (χ0n) is 12.6. The van der Waals surface area contributed by atoms with Gasteiger partial charge in [0.15, 0.2) is 10.8 Å². The van der Waals surface area contributed by atoms with E-state index >= 15 is 0 Å². The first-order valence-electron chi connectivity index (χ1n) is 7.26. The molecular weight excluding hydrogens is 329 g/mol. The summed E-state index contributed by atoms with van der Waals surface area (Å²) in [5.41, 5.74) is 1.46. The maximum absolute atomic E-state index is 13.0. The van der Waals surface area contributed by atoms with Crippen LogP contribution in [0.4, 0.5) is 4.39 Å². The highest BCUT2D eigenvalue weighted by Gasteiger charge is 2.19. The van der Waals surface area contributed by atoms with Crippen molar-refractivity contribution in [1.29, 1.82) is 0 Å². The van der Waals surface area contributed by atoms with Crippen LogP contribution in [-0.4, -0.2) is 24.8 Å². The molecule has 0 amide bonds. The molecule has 0 saturated carbocycles. The number of nitrogens with zero attached hydrogens (tertiary/aromatic N) is 5. The molecule has 0 aliphatic carbocycles. The number of thioether (sulfide) groups is 1. The number of hydrogen-bond donors (Lipinski definition) is 0. The summed E-state index contributed by atoms with van der Waals surface area (Å²) in [4.78, 5) is 0. The van der Waals surface area contributed by atoms with Gasteiger partial charge in [-0.15, -0.1) is 20.4 Å². The predicted octanol–water partition coefficient (Wildman–Crippen LogP) is 3.77. The number of fused-ring (bicyclic) bond motifs is 1. The molecule has 0 spiro atoms. The SMILES string of the molecule is C[C@H](Sc1nnc2ccccn12)c1nnc(-c2ccc(F)cc2)o1. The molecule has 0 saturated heterocycles. The minimum absolute atomic E-state index is 0.0979. The summed E-state index contributed by atoms with van der Waals surface area (Å²) in [5, 5.41) is 17.1. The molecule has 4 aromatic rings. The Kier molecular flexibility index (Phi) is 3.73. The van der Waals surface area contributed by atoms with Crippen molar-refractivity contribution in [3.63, 3.8) is 0 Å². The van der Waals surface area contributed by atoms with Gasteiger partial charge in [-0.05, 0) is 43.3 Å². The van der Waals surface area contributed by atoms with Gasteiger partial charge in [-0.25, -0.2) is 4.39 Å². The Hall–Kier alpha value is -2.74. The normalized spacial score (nSPS) is 12.6. The molecule has 3 aromatic heterocycles. The van der Waals surface area contributed by atoms with E-state index in [1.165, 1.54) is 23.9 Å². The molecule has 0 fully saturated rings. The highest BCUT2D eigenvalue weighted by Crippen LogP contribution is 2.34. The second-order valence-corrected chi connectivity index (χ2v) is 6.43. The molecule has 0 N–H and O–H groups in total. The first kappa shape index (κ1) is 14.8. The summed E-state index contributed by atoms with van der Waals surface area (Å²) in [7, 11) is 0. The number of pyridine rings is 1. The number of halogens is 1. The van der Waals surface area contributed by atoms with E-state index in [1.54, 1.807) is 12.1 Å². The van der Waals surface area contributed by atoms with Gasteiger partial charge in [-0.3, -0.25) is 4.40 Å². The summed E-state index contributed by atoms with van der Waals surface area (Å²) in [6.07, 6.45) is 1.90. The zero-order chi connectivity index (χ0) is 16.5. The molecule has 0 unspecified atom stereocenters. The van der Waals surface area contributed by atoms with Crippen molar-refractivity contribution >= 4 is 17.4 Å². The van der Waals surface area contributed by atoms with Crippen LogP contribution in [-0.2, 0) is 0 Å². The molecule has 1 aromatic carbocycles. The van der Waals surface area contributed by atoms with Gasteiger partial charge in [0.2, 0.25) is 11.8 Å². The summed E-state index contributed by atoms with van der Waals surface area (Å²) >= 11 is 1.48. The molecule has 120 valence electrons. The van der Waals surface area contributed by atoms with Crippen molar-refractivity contribution in [2.24, 2.45) is 0 Å². The van der Waals surface area contributed by atoms with Crippen LogP contribution in [0.1, 0.15) is 18.1 Å². The predicted molar refractivity (Wildman–Crippen MR) is 87.0 cm³/mol. The number of aromatic nitrogens is 5. The Morgan fingerprint density at radius 1 is 1.04 bits per heavy atom. The monoisotopic (exact) mass is 341 g/mol. The lowest BCUT2D eigenvalue weighted by molar-refractivity contribution is 0.508. The molecule has 0 aliphatic rings. The van der Waals surface area contributed by atoms with E-state index in [4.69, 9.17) is 4.42 Å². The average Bonchev–Trinajstić information content (AvgIpc) is 3.23. The van der Waals surface area contributed by atoms with Crippen LogP contribution < -0.4 is 0 Å². The van der Waals surface area contributed by atoms with Crippen LogP contribution in [0.2, 0.25) is 0 Å². The minimum atomic E-state index is -0.305. The maximum Gasteiger partial charge on any atom is 0.247 e. The molecule has 24 heavy (non-hydrogen) atoms. The Morgan fingerprint density at radius 3 is 2.71 bits per heavy atom. The molecule has 0 bridgehead atoms. The van der Waals surface area contributed by atoms with Crippen molar-refractivity contribution < 1.29 is 8.81 Å². The van der Waals surface area contributed by atoms with Gasteiger partial charge < -0.3 is 4.42 Å². The fraction of sp³-hybridized carbons (Fsp3) is 0.125. The molecule has 3 heterocycles. The van der Waals surface area contributed by atoms with Crippen LogP contribution in [0.15, 0.2) is 58.2 Å². The van der Waals surface area contributed by atoms with Crippen molar-refractivity contribution in [3.8, 4) is 11.5 Å². The van der Waals surface area contributed by atoms with Crippen molar-refractivity contribution in [3.05, 3.63) is 60.4 Å². The molecule has 0 aliphatic heterocycles. The van der Waals surface area contributed by atoms with Gasteiger partial charge in [0.1, 0.15) is 5.82 Å². The van der Waals surface area contributed by atoms with E-state index < -0.39 is 0 Å². The molecule has 8 heteroatoms. The number of benzene rings is 1. The summed E-state index contributed by atoms with van der Waals surface area (Å²) in [5.74, 6) is 0.539.